The van der Waals surface area contributed by atoms with Crippen LogP contribution in [-0.2, 0) is 11.2 Å². The highest BCUT2D eigenvalue weighted by molar-refractivity contribution is 6.06. The van der Waals surface area contributed by atoms with Gasteiger partial charge in [-0.05, 0) is 18.6 Å². The Bertz CT molecular complexity index is 405. The summed E-state index contributed by atoms with van der Waals surface area (Å²) in [5.74, 6) is -1.09. The number of allylic oxidation sites excluding steroid dienone is 2. The third kappa shape index (κ3) is 3.06. The quantitative estimate of drug-likeness (QED) is 0.603. The molecular formula is C12H12O3. The van der Waals surface area contributed by atoms with Crippen LogP contribution in [0, 0.1) is 0 Å². The van der Waals surface area contributed by atoms with E-state index in [9.17, 15) is 9.59 Å². The van der Waals surface area contributed by atoms with Crippen molar-refractivity contribution in [1.29, 1.82) is 0 Å². The molecule has 1 aromatic carbocycles. The maximum atomic E-state index is 11.6. The lowest BCUT2D eigenvalue weighted by molar-refractivity contribution is -0.136. The first kappa shape index (κ1) is 11.2. The van der Waals surface area contributed by atoms with Crippen molar-refractivity contribution < 1.29 is 14.7 Å². The number of rotatable bonds is 4. The molecule has 0 saturated heterocycles. The molecule has 0 fully saturated rings. The van der Waals surface area contributed by atoms with Crippen molar-refractivity contribution >= 4 is 11.8 Å². The van der Waals surface area contributed by atoms with E-state index in [-0.39, 0.29) is 12.2 Å². The Labute approximate surface area is 88.0 Å². The first-order chi connectivity index (χ1) is 7.15. The van der Waals surface area contributed by atoms with Crippen LogP contribution in [0.15, 0.2) is 36.4 Å². The second kappa shape index (κ2) is 5.10. The lowest BCUT2D eigenvalue weighted by Gasteiger charge is -2.03. The smallest absolute Gasteiger partial charge is 0.307 e. The SMILES string of the molecule is C/C=C/C(=O)c1ccccc1CC(=O)O. The van der Waals surface area contributed by atoms with E-state index in [4.69, 9.17) is 5.11 Å². The number of hydrogen-bond acceptors (Lipinski definition) is 2. The lowest BCUT2D eigenvalue weighted by atomic mass is 10.0. The van der Waals surface area contributed by atoms with Gasteiger partial charge >= 0.3 is 5.97 Å². The summed E-state index contributed by atoms with van der Waals surface area (Å²) in [6, 6.07) is 6.75. The zero-order chi connectivity index (χ0) is 11.3. The normalized spacial score (nSPS) is 10.5. The maximum absolute atomic E-state index is 11.6. The summed E-state index contributed by atoms with van der Waals surface area (Å²) in [5.41, 5.74) is 1.01. The Morgan fingerprint density at radius 1 is 1.33 bits per heavy atom. The van der Waals surface area contributed by atoms with Gasteiger partial charge in [0.2, 0.25) is 0 Å². The van der Waals surface area contributed by atoms with Crippen LogP contribution in [0.3, 0.4) is 0 Å². The topological polar surface area (TPSA) is 54.4 Å². The first-order valence-electron chi connectivity index (χ1n) is 4.62. The fourth-order valence-electron chi connectivity index (χ4n) is 1.32. The molecular weight excluding hydrogens is 192 g/mol. The molecule has 78 valence electrons. The Balaban J connectivity index is 3.05. The summed E-state index contributed by atoms with van der Waals surface area (Å²) in [5, 5.41) is 8.67. The molecule has 0 saturated carbocycles. The van der Waals surface area contributed by atoms with Gasteiger partial charge in [-0.1, -0.05) is 30.3 Å². The molecule has 0 spiro atoms. The maximum Gasteiger partial charge on any atom is 0.307 e. The van der Waals surface area contributed by atoms with E-state index in [0.717, 1.165) is 0 Å². The molecule has 0 aliphatic heterocycles. The predicted molar refractivity (Wildman–Crippen MR) is 56.9 cm³/mol. The van der Waals surface area contributed by atoms with Gasteiger partial charge in [-0.3, -0.25) is 9.59 Å². The van der Waals surface area contributed by atoms with E-state index in [0.29, 0.717) is 11.1 Å². The van der Waals surface area contributed by atoms with Crippen molar-refractivity contribution in [2.45, 2.75) is 13.3 Å². The molecule has 1 N–H and O–H groups in total. The Kier molecular flexibility index (Phi) is 3.80. The van der Waals surface area contributed by atoms with Crippen LogP contribution in [0.5, 0.6) is 0 Å². The number of carboxylic acids is 1. The standard InChI is InChI=1S/C12H12O3/c1-2-5-11(13)10-7-4-3-6-9(10)8-12(14)15/h2-7H,8H2,1H3,(H,14,15)/b5-2+. The molecule has 0 unspecified atom stereocenters. The van der Waals surface area contributed by atoms with Crippen LogP contribution in [0.4, 0.5) is 0 Å². The van der Waals surface area contributed by atoms with Crippen molar-refractivity contribution in [3.8, 4) is 0 Å². The van der Waals surface area contributed by atoms with Crippen LogP contribution in [0.1, 0.15) is 22.8 Å². The summed E-state index contributed by atoms with van der Waals surface area (Å²) < 4.78 is 0. The summed E-state index contributed by atoms with van der Waals surface area (Å²) >= 11 is 0. The van der Waals surface area contributed by atoms with Crippen LogP contribution in [0.25, 0.3) is 0 Å². The lowest BCUT2D eigenvalue weighted by Crippen LogP contribution is -2.06. The van der Waals surface area contributed by atoms with Crippen LogP contribution in [-0.4, -0.2) is 16.9 Å². The average Bonchev–Trinajstić information content (AvgIpc) is 2.18. The highest BCUT2D eigenvalue weighted by atomic mass is 16.4. The molecule has 0 aromatic heterocycles. The third-order valence-electron chi connectivity index (χ3n) is 1.94. The molecule has 0 heterocycles. The average molecular weight is 204 g/mol. The second-order valence-corrected chi connectivity index (χ2v) is 3.09. The highest BCUT2D eigenvalue weighted by Gasteiger charge is 2.10. The van der Waals surface area contributed by atoms with E-state index in [1.807, 2.05) is 0 Å². The van der Waals surface area contributed by atoms with E-state index in [2.05, 4.69) is 0 Å². The van der Waals surface area contributed by atoms with Crippen LogP contribution < -0.4 is 0 Å². The fourth-order valence-corrected chi connectivity index (χ4v) is 1.32. The molecule has 0 atom stereocenters. The van der Waals surface area contributed by atoms with Gasteiger partial charge in [0.05, 0.1) is 6.42 Å². The van der Waals surface area contributed by atoms with E-state index in [1.165, 1.54) is 6.08 Å². The molecule has 0 aliphatic rings. The molecule has 0 amide bonds. The van der Waals surface area contributed by atoms with E-state index >= 15 is 0 Å². The zero-order valence-corrected chi connectivity index (χ0v) is 8.43. The number of carboxylic acid groups (broad SMARTS) is 1. The molecule has 0 radical (unpaired) electrons. The Hall–Kier alpha value is -1.90. The molecule has 1 rings (SSSR count). The Morgan fingerprint density at radius 3 is 2.60 bits per heavy atom. The largest absolute Gasteiger partial charge is 0.481 e. The predicted octanol–water partition coefficient (Wildman–Crippen LogP) is 2.07. The number of hydrogen-bond donors (Lipinski definition) is 1. The number of benzene rings is 1. The first-order valence-corrected chi connectivity index (χ1v) is 4.62. The van der Waals surface area contributed by atoms with Gasteiger partial charge in [0, 0.05) is 5.56 Å². The van der Waals surface area contributed by atoms with Gasteiger partial charge < -0.3 is 5.11 Å². The minimum absolute atomic E-state index is 0.126. The van der Waals surface area contributed by atoms with Crippen LogP contribution >= 0.6 is 0 Å². The molecule has 15 heavy (non-hydrogen) atoms. The van der Waals surface area contributed by atoms with Crippen LogP contribution in [0.2, 0.25) is 0 Å². The molecule has 1 aromatic rings. The van der Waals surface area contributed by atoms with Gasteiger partial charge in [0.25, 0.3) is 0 Å². The fraction of sp³-hybridized carbons (Fsp3) is 0.167. The summed E-state index contributed by atoms with van der Waals surface area (Å²) in [7, 11) is 0. The van der Waals surface area contributed by atoms with E-state index < -0.39 is 5.97 Å². The molecule has 3 nitrogen and oxygen atoms in total. The van der Waals surface area contributed by atoms with Crippen molar-refractivity contribution in [1.82, 2.24) is 0 Å². The molecule has 0 bridgehead atoms. The summed E-state index contributed by atoms with van der Waals surface area (Å²) in [6.45, 7) is 1.75. The van der Waals surface area contributed by atoms with E-state index in [1.54, 1.807) is 37.3 Å². The highest BCUT2D eigenvalue weighted by Crippen LogP contribution is 2.11. The van der Waals surface area contributed by atoms with Gasteiger partial charge in [-0.2, -0.15) is 0 Å². The zero-order valence-electron chi connectivity index (χ0n) is 8.43. The van der Waals surface area contributed by atoms with Gasteiger partial charge in [-0.25, -0.2) is 0 Å². The third-order valence-corrected chi connectivity index (χ3v) is 1.94. The summed E-state index contributed by atoms with van der Waals surface area (Å²) in [4.78, 5) is 22.1. The van der Waals surface area contributed by atoms with Crippen molar-refractivity contribution in [2.24, 2.45) is 0 Å². The van der Waals surface area contributed by atoms with Crippen molar-refractivity contribution in [3.63, 3.8) is 0 Å². The van der Waals surface area contributed by atoms with Gasteiger partial charge in [0.15, 0.2) is 5.78 Å². The molecule has 3 heteroatoms. The number of carbonyl (C=O) groups excluding carboxylic acids is 1. The minimum atomic E-state index is -0.935. The monoisotopic (exact) mass is 204 g/mol. The minimum Gasteiger partial charge on any atom is -0.481 e. The number of aliphatic carboxylic acids is 1. The van der Waals surface area contributed by atoms with Gasteiger partial charge in [0.1, 0.15) is 0 Å². The summed E-state index contributed by atoms with van der Waals surface area (Å²) in [6.07, 6.45) is 2.94. The number of carbonyl (C=O) groups is 2. The van der Waals surface area contributed by atoms with Crippen molar-refractivity contribution in [3.05, 3.63) is 47.5 Å². The number of ketones is 1. The van der Waals surface area contributed by atoms with Gasteiger partial charge in [-0.15, -0.1) is 0 Å². The Morgan fingerprint density at radius 2 is 2.00 bits per heavy atom. The molecule has 0 aliphatic carbocycles. The van der Waals surface area contributed by atoms with Crippen molar-refractivity contribution in [2.75, 3.05) is 0 Å². The second-order valence-electron chi connectivity index (χ2n) is 3.09.